The Labute approximate surface area is 107 Å². The van der Waals surface area contributed by atoms with Gasteiger partial charge in [0.15, 0.2) is 6.29 Å². The van der Waals surface area contributed by atoms with Crippen LogP contribution in [0.25, 0.3) is 11.1 Å². The third-order valence-corrected chi connectivity index (χ3v) is 2.63. The van der Waals surface area contributed by atoms with Crippen LogP contribution in [-0.4, -0.2) is 16.2 Å². The Hall–Kier alpha value is -2.27. The third kappa shape index (κ3) is 2.21. The lowest BCUT2D eigenvalue weighted by Crippen LogP contribution is -1.96. The highest BCUT2D eigenvalue weighted by Crippen LogP contribution is 2.33. The average molecular weight is 263 g/mol. The summed E-state index contributed by atoms with van der Waals surface area (Å²) in [6, 6.07) is 7.38. The van der Waals surface area contributed by atoms with Gasteiger partial charge in [-0.05, 0) is 18.2 Å². The van der Waals surface area contributed by atoms with Crippen molar-refractivity contribution in [1.29, 1.82) is 0 Å². The molecule has 0 aliphatic rings. The molecule has 2 aromatic rings. The molecule has 0 aliphatic carbocycles. The maximum atomic E-state index is 11.0. The number of nitro benzene ring substituents is 1. The van der Waals surface area contributed by atoms with Crippen molar-refractivity contribution in [2.45, 2.75) is 0 Å². The molecule has 0 amide bonds. The summed E-state index contributed by atoms with van der Waals surface area (Å²) in [6.45, 7) is 0. The summed E-state index contributed by atoms with van der Waals surface area (Å²) >= 11 is 5.84. The number of carbonyl (C=O) groups excluding carboxylic acids is 1. The molecule has 0 fully saturated rings. The monoisotopic (exact) mass is 262 g/mol. The number of halogens is 1. The Morgan fingerprint density at radius 2 is 2.06 bits per heavy atom. The number of aldehydes is 1. The standard InChI is InChI=1S/C12H7ClN2O3/c13-8-3-4-12(15(17)18)10(6-8)9-2-1-5-14-11(9)7-16/h1-7H. The number of nitrogens with zero attached hydrogens (tertiary/aromatic N) is 2. The average Bonchev–Trinajstić information content (AvgIpc) is 2.38. The van der Waals surface area contributed by atoms with Gasteiger partial charge >= 0.3 is 0 Å². The van der Waals surface area contributed by atoms with Crippen LogP contribution in [-0.2, 0) is 0 Å². The van der Waals surface area contributed by atoms with Crippen molar-refractivity contribution in [2.75, 3.05) is 0 Å². The van der Waals surface area contributed by atoms with Crippen LogP contribution in [0, 0.1) is 10.1 Å². The molecule has 0 bridgehead atoms. The Kier molecular flexibility index (Phi) is 3.34. The number of aromatic nitrogens is 1. The van der Waals surface area contributed by atoms with Crippen molar-refractivity contribution in [3.8, 4) is 11.1 Å². The Morgan fingerprint density at radius 1 is 1.28 bits per heavy atom. The molecule has 18 heavy (non-hydrogen) atoms. The van der Waals surface area contributed by atoms with E-state index in [1.165, 1.54) is 24.4 Å². The Bertz CT molecular complexity index is 628. The third-order valence-electron chi connectivity index (χ3n) is 2.40. The molecule has 1 aromatic heterocycles. The molecule has 5 nitrogen and oxygen atoms in total. The number of pyridine rings is 1. The molecule has 6 heteroatoms. The largest absolute Gasteiger partial charge is 0.296 e. The molecule has 0 radical (unpaired) electrons. The van der Waals surface area contributed by atoms with E-state index >= 15 is 0 Å². The first-order valence-electron chi connectivity index (χ1n) is 4.98. The first-order chi connectivity index (χ1) is 8.63. The second-order valence-corrected chi connectivity index (χ2v) is 3.91. The molecule has 1 aromatic carbocycles. The molecule has 0 atom stereocenters. The summed E-state index contributed by atoms with van der Waals surface area (Å²) in [4.78, 5) is 25.2. The summed E-state index contributed by atoms with van der Waals surface area (Å²) in [5.41, 5.74) is 0.697. The van der Waals surface area contributed by atoms with Crippen molar-refractivity contribution in [3.05, 3.63) is 57.4 Å². The van der Waals surface area contributed by atoms with Crippen LogP contribution in [0.2, 0.25) is 5.02 Å². The fourth-order valence-corrected chi connectivity index (χ4v) is 1.79. The van der Waals surface area contributed by atoms with Crippen molar-refractivity contribution < 1.29 is 9.72 Å². The maximum absolute atomic E-state index is 11.0. The van der Waals surface area contributed by atoms with Crippen molar-refractivity contribution in [1.82, 2.24) is 4.98 Å². The summed E-state index contributed by atoms with van der Waals surface area (Å²) in [6.07, 6.45) is 2.00. The normalized spacial score (nSPS) is 10.1. The maximum Gasteiger partial charge on any atom is 0.277 e. The van der Waals surface area contributed by atoms with Gasteiger partial charge in [-0.25, -0.2) is 0 Å². The number of hydrogen-bond donors (Lipinski definition) is 0. The summed E-state index contributed by atoms with van der Waals surface area (Å²) < 4.78 is 0. The highest BCUT2D eigenvalue weighted by Gasteiger charge is 2.18. The van der Waals surface area contributed by atoms with Gasteiger partial charge in [-0.1, -0.05) is 17.7 Å². The zero-order valence-electron chi connectivity index (χ0n) is 9.04. The molecule has 90 valence electrons. The van der Waals surface area contributed by atoms with E-state index in [-0.39, 0.29) is 16.9 Å². The minimum absolute atomic E-state index is 0.115. The quantitative estimate of drug-likeness (QED) is 0.484. The highest BCUT2D eigenvalue weighted by atomic mass is 35.5. The van der Waals surface area contributed by atoms with Crippen molar-refractivity contribution in [2.24, 2.45) is 0 Å². The van der Waals surface area contributed by atoms with Gasteiger partial charge in [0.2, 0.25) is 0 Å². The molecular formula is C12H7ClN2O3. The van der Waals surface area contributed by atoms with E-state index in [1.807, 2.05) is 0 Å². The van der Waals surface area contributed by atoms with Crippen LogP contribution in [0.1, 0.15) is 10.5 Å². The minimum atomic E-state index is -0.521. The second-order valence-electron chi connectivity index (χ2n) is 3.47. The molecule has 0 saturated heterocycles. The van der Waals surface area contributed by atoms with Crippen LogP contribution >= 0.6 is 11.6 Å². The van der Waals surface area contributed by atoms with Gasteiger partial charge in [0, 0.05) is 22.8 Å². The predicted octanol–water partition coefficient (Wildman–Crippen LogP) is 3.12. The van der Waals surface area contributed by atoms with Crippen molar-refractivity contribution >= 4 is 23.6 Å². The minimum Gasteiger partial charge on any atom is -0.296 e. The zero-order valence-corrected chi connectivity index (χ0v) is 9.79. The number of nitro groups is 1. The smallest absolute Gasteiger partial charge is 0.277 e. The lowest BCUT2D eigenvalue weighted by Gasteiger charge is -2.05. The van der Waals surface area contributed by atoms with Gasteiger partial charge in [-0.3, -0.25) is 19.9 Å². The number of carbonyl (C=O) groups is 1. The van der Waals surface area contributed by atoms with Gasteiger partial charge in [-0.2, -0.15) is 0 Å². The van der Waals surface area contributed by atoms with Gasteiger partial charge in [0.1, 0.15) is 5.69 Å². The van der Waals surface area contributed by atoms with Crippen LogP contribution in [0.4, 0.5) is 5.69 Å². The zero-order chi connectivity index (χ0) is 13.1. The SMILES string of the molecule is O=Cc1ncccc1-c1cc(Cl)ccc1[N+](=O)[O-]. The number of benzene rings is 1. The van der Waals surface area contributed by atoms with Gasteiger partial charge in [-0.15, -0.1) is 0 Å². The molecule has 0 unspecified atom stereocenters. The first kappa shape index (κ1) is 12.2. The van der Waals surface area contributed by atoms with E-state index in [2.05, 4.69) is 4.98 Å². The van der Waals surface area contributed by atoms with Gasteiger partial charge in [0.25, 0.3) is 5.69 Å². The van der Waals surface area contributed by atoms with Gasteiger partial charge < -0.3 is 0 Å². The molecular weight excluding hydrogens is 256 g/mol. The molecule has 0 saturated carbocycles. The highest BCUT2D eigenvalue weighted by molar-refractivity contribution is 6.31. The first-order valence-corrected chi connectivity index (χ1v) is 5.36. The van der Waals surface area contributed by atoms with E-state index in [0.717, 1.165) is 0 Å². The molecule has 0 spiro atoms. The van der Waals surface area contributed by atoms with Crippen LogP contribution in [0.3, 0.4) is 0 Å². The lowest BCUT2D eigenvalue weighted by atomic mass is 10.0. The van der Waals surface area contributed by atoms with Crippen molar-refractivity contribution in [3.63, 3.8) is 0 Å². The Morgan fingerprint density at radius 3 is 2.72 bits per heavy atom. The van der Waals surface area contributed by atoms with E-state index in [4.69, 9.17) is 11.6 Å². The van der Waals surface area contributed by atoms with E-state index in [0.29, 0.717) is 16.9 Å². The Balaban J connectivity index is 2.73. The summed E-state index contributed by atoms with van der Waals surface area (Å²) in [7, 11) is 0. The van der Waals surface area contributed by atoms with Gasteiger partial charge in [0.05, 0.1) is 10.5 Å². The summed E-state index contributed by atoms with van der Waals surface area (Å²) in [5, 5.41) is 11.3. The second kappa shape index (κ2) is 4.93. The molecule has 0 aliphatic heterocycles. The molecule has 2 rings (SSSR count). The predicted molar refractivity (Wildman–Crippen MR) is 66.7 cm³/mol. The fourth-order valence-electron chi connectivity index (χ4n) is 1.62. The van der Waals surface area contributed by atoms with Crippen LogP contribution in [0.15, 0.2) is 36.5 Å². The number of rotatable bonds is 3. The molecule has 0 N–H and O–H groups in total. The lowest BCUT2D eigenvalue weighted by molar-refractivity contribution is -0.384. The van der Waals surface area contributed by atoms with E-state index in [9.17, 15) is 14.9 Å². The van der Waals surface area contributed by atoms with Crippen LogP contribution < -0.4 is 0 Å². The van der Waals surface area contributed by atoms with E-state index < -0.39 is 4.92 Å². The fraction of sp³-hybridized carbons (Fsp3) is 0. The van der Waals surface area contributed by atoms with Crippen LogP contribution in [0.5, 0.6) is 0 Å². The summed E-state index contributed by atoms with van der Waals surface area (Å²) in [5.74, 6) is 0. The van der Waals surface area contributed by atoms with E-state index in [1.54, 1.807) is 12.1 Å². The topological polar surface area (TPSA) is 73.1 Å². The number of hydrogen-bond acceptors (Lipinski definition) is 4. The molecule has 1 heterocycles.